The molecule has 3 fully saturated rings. The van der Waals surface area contributed by atoms with Gasteiger partial charge in [-0.3, -0.25) is 19.1 Å². The quantitative estimate of drug-likeness (QED) is 0.252. The Morgan fingerprint density at radius 1 is 1.12 bits per heavy atom. The second-order valence-electron chi connectivity index (χ2n) is 16.9. The molecule has 18 heteroatoms. The third-order valence-corrected chi connectivity index (χ3v) is 14.0. The van der Waals surface area contributed by atoms with Crippen LogP contribution in [0.1, 0.15) is 90.8 Å². The van der Waals surface area contributed by atoms with Gasteiger partial charge in [0, 0.05) is 28.1 Å². The van der Waals surface area contributed by atoms with E-state index >= 15 is 0 Å². The van der Waals surface area contributed by atoms with Crippen molar-refractivity contribution in [3.05, 3.63) is 42.5 Å². The Morgan fingerprint density at radius 3 is 2.50 bits per heavy atom. The molecule has 2 aliphatic carbocycles. The molecule has 4 amide bonds. The lowest BCUT2D eigenvalue weighted by Gasteiger charge is -2.34. The number of hydrogen-bond acceptors (Lipinski definition) is 10. The zero-order valence-corrected chi connectivity index (χ0v) is 34.3. The summed E-state index contributed by atoms with van der Waals surface area (Å²) in [6.45, 7) is 8.45. The van der Waals surface area contributed by atoms with E-state index in [1.165, 1.54) is 11.8 Å². The minimum absolute atomic E-state index is 0. The van der Waals surface area contributed by atoms with Gasteiger partial charge in [0.05, 0.1) is 17.9 Å². The van der Waals surface area contributed by atoms with E-state index in [-0.39, 0.29) is 41.3 Å². The average Bonchev–Trinajstić information content (AvgIpc) is 4.01. The number of ether oxygens (including phenoxy) is 3. The number of benzene rings is 1. The van der Waals surface area contributed by atoms with E-state index in [1.54, 1.807) is 38.1 Å². The Kier molecular flexibility index (Phi) is 11.8. The molecular weight excluding hydrogens is 784 g/mol. The van der Waals surface area contributed by atoms with Crippen molar-refractivity contribution in [2.24, 2.45) is 17.8 Å². The van der Waals surface area contributed by atoms with Crippen LogP contribution in [0.3, 0.4) is 0 Å². The Balaban J connectivity index is 0.00000331. The molecule has 58 heavy (non-hydrogen) atoms. The first-order valence-electron chi connectivity index (χ1n) is 19.7. The van der Waals surface area contributed by atoms with Crippen LogP contribution in [0.5, 0.6) is 11.8 Å². The van der Waals surface area contributed by atoms with Gasteiger partial charge < -0.3 is 29.7 Å². The number of allylic oxidation sites excluding steroid dienone is 1. The van der Waals surface area contributed by atoms with E-state index in [2.05, 4.69) is 20.3 Å². The summed E-state index contributed by atoms with van der Waals surface area (Å²) in [6.07, 6.45) is -1.36. The average molecular weight is 842 g/mol. The van der Waals surface area contributed by atoms with Crippen LogP contribution in [0.25, 0.3) is 10.8 Å². The van der Waals surface area contributed by atoms with Crippen LogP contribution in [0.15, 0.2) is 42.5 Å². The zero-order valence-electron chi connectivity index (χ0n) is 33.5. The van der Waals surface area contributed by atoms with Crippen molar-refractivity contribution in [1.29, 1.82) is 0 Å². The lowest BCUT2D eigenvalue weighted by Crippen LogP contribution is -2.59. The van der Waals surface area contributed by atoms with E-state index in [9.17, 15) is 40.8 Å². The Hall–Kier alpha value is -4.61. The standard InChI is InChI=1S/C40H52F3N5O9S.3H2/c1-7-55-30-19-25-13-9-11-15-28(25)33(44-30)56-27-20-29-32(49)46-39(35(51)47-58(53,54)38(6)16-17-38)21-26(39)14-10-8-12-23(2)18-24(3)31(34(50)48(29)22-27)45-36(52)57-37(4,5)40(41,42)43;;;/h9-11,13-15,19,23-24,26-27,29,31H,7-8,12,16-18,20-22H2,1-6H3,(H,45,52)(H,46,49)(H,47,51);3*1H/b14-10-;;;/t23-,24-,26-,27-,29+,31+,39-;;;/m1.../s1. The van der Waals surface area contributed by atoms with Crippen LogP contribution in [0.2, 0.25) is 0 Å². The van der Waals surface area contributed by atoms with Crippen LogP contribution in [-0.2, 0) is 29.1 Å². The lowest BCUT2D eigenvalue weighted by atomic mass is 9.88. The normalized spacial score (nSPS) is 29.4. The smallest absolute Gasteiger partial charge is 0.427 e. The summed E-state index contributed by atoms with van der Waals surface area (Å²) in [7, 11) is -4.08. The largest absolute Gasteiger partial charge is 0.478 e. The Bertz CT molecular complexity index is 2090. The van der Waals surface area contributed by atoms with Crippen molar-refractivity contribution >= 4 is 44.6 Å². The maximum absolute atomic E-state index is 14.8. The monoisotopic (exact) mass is 841 g/mol. The van der Waals surface area contributed by atoms with Crippen molar-refractivity contribution in [2.75, 3.05) is 13.2 Å². The number of nitrogens with zero attached hydrogens (tertiary/aromatic N) is 2. The lowest BCUT2D eigenvalue weighted by molar-refractivity contribution is -0.244. The van der Waals surface area contributed by atoms with Gasteiger partial charge in [-0.05, 0) is 89.5 Å². The van der Waals surface area contributed by atoms with Crippen molar-refractivity contribution in [2.45, 2.75) is 127 Å². The minimum Gasteiger partial charge on any atom is -0.478 e. The molecule has 0 bridgehead atoms. The first-order valence-corrected chi connectivity index (χ1v) is 21.2. The number of nitrogens with one attached hydrogen (secondary N) is 3. The highest BCUT2D eigenvalue weighted by Crippen LogP contribution is 2.48. The number of alkyl halides is 3. The number of aromatic nitrogens is 1. The van der Waals surface area contributed by atoms with E-state index in [0.29, 0.717) is 57.9 Å². The molecule has 3 heterocycles. The van der Waals surface area contributed by atoms with Gasteiger partial charge in [-0.1, -0.05) is 44.2 Å². The van der Waals surface area contributed by atoms with Crippen molar-refractivity contribution < 1.29 is 59.3 Å². The van der Waals surface area contributed by atoms with E-state index in [1.807, 2.05) is 25.1 Å². The van der Waals surface area contributed by atoms with Gasteiger partial charge in [0.15, 0.2) is 0 Å². The Morgan fingerprint density at radius 2 is 1.83 bits per heavy atom. The van der Waals surface area contributed by atoms with E-state index < -0.39 is 85.9 Å². The highest BCUT2D eigenvalue weighted by molar-refractivity contribution is 7.91. The topological polar surface area (TPSA) is 182 Å². The predicted molar refractivity (Wildman–Crippen MR) is 212 cm³/mol. The number of amides is 4. The van der Waals surface area contributed by atoms with Gasteiger partial charge in [-0.15, -0.1) is 0 Å². The van der Waals surface area contributed by atoms with Gasteiger partial charge in [-0.25, -0.2) is 13.2 Å². The summed E-state index contributed by atoms with van der Waals surface area (Å²) < 4.78 is 85.6. The van der Waals surface area contributed by atoms with Crippen LogP contribution in [-0.4, -0.2) is 95.5 Å². The number of hydrogen-bond donors (Lipinski definition) is 3. The van der Waals surface area contributed by atoms with Crippen LogP contribution in [0, 0.1) is 17.8 Å². The third kappa shape index (κ3) is 8.86. The fraction of sp³-hybridized carbons (Fsp3) is 0.625. The summed E-state index contributed by atoms with van der Waals surface area (Å²) in [5.74, 6) is -3.24. The molecule has 324 valence electrons. The molecule has 0 radical (unpaired) electrons. The second kappa shape index (κ2) is 15.9. The van der Waals surface area contributed by atoms with Crippen molar-refractivity contribution in [1.82, 2.24) is 25.2 Å². The van der Waals surface area contributed by atoms with Gasteiger partial charge in [0.1, 0.15) is 23.7 Å². The maximum Gasteiger partial charge on any atom is 0.427 e. The SMILES string of the molecule is CCOc1cc2ccccc2c(O[C@@H]2C[C@H]3C(=O)N[C@]4(C(=O)NS(=O)(=O)C5(C)CC5)C[C@H]4/C=C\CC[C@@H](C)C[C@@H](C)[C@H](NC(=O)OC(C)(C)C(F)(F)F)C(=O)N3C2)n1.[HH].[HH].[HH]. The number of rotatable bonds is 9. The number of fused-ring (bicyclic) bond motifs is 3. The molecule has 1 saturated heterocycles. The van der Waals surface area contributed by atoms with E-state index in [0.717, 1.165) is 5.39 Å². The molecule has 2 aromatic rings. The molecule has 0 unspecified atom stereocenters. The number of halogens is 3. The summed E-state index contributed by atoms with van der Waals surface area (Å²) in [5, 5.41) is 6.56. The molecular formula is C40H58F3N5O9S. The zero-order chi connectivity index (χ0) is 42.4. The fourth-order valence-electron chi connectivity index (χ4n) is 7.66. The first-order chi connectivity index (χ1) is 27.1. The fourth-order valence-corrected chi connectivity index (χ4v) is 8.97. The van der Waals surface area contributed by atoms with Gasteiger partial charge >= 0.3 is 12.3 Å². The molecule has 1 aromatic carbocycles. The Labute approximate surface area is 340 Å². The number of carbonyl (C=O) groups is 4. The summed E-state index contributed by atoms with van der Waals surface area (Å²) in [6, 6.07) is 6.23. The molecule has 14 nitrogen and oxygen atoms in total. The molecule has 1 aromatic heterocycles. The van der Waals surface area contributed by atoms with Crippen LogP contribution in [0.4, 0.5) is 18.0 Å². The molecule has 2 aliphatic heterocycles. The minimum atomic E-state index is -4.91. The highest BCUT2D eigenvalue weighted by Gasteiger charge is 2.63. The predicted octanol–water partition coefficient (Wildman–Crippen LogP) is 6.04. The highest BCUT2D eigenvalue weighted by atomic mass is 32.2. The van der Waals surface area contributed by atoms with Gasteiger partial charge in [-0.2, -0.15) is 18.2 Å². The molecule has 0 spiro atoms. The van der Waals surface area contributed by atoms with Gasteiger partial charge in [0.25, 0.3) is 5.91 Å². The summed E-state index contributed by atoms with van der Waals surface area (Å²) in [4.78, 5) is 62.1. The van der Waals surface area contributed by atoms with Crippen molar-refractivity contribution in [3.8, 4) is 11.8 Å². The van der Waals surface area contributed by atoms with Gasteiger partial charge in [0.2, 0.25) is 39.2 Å². The maximum atomic E-state index is 14.8. The van der Waals surface area contributed by atoms with Crippen LogP contribution < -0.4 is 24.8 Å². The number of pyridine rings is 1. The third-order valence-electron chi connectivity index (χ3n) is 11.8. The van der Waals surface area contributed by atoms with E-state index in [4.69, 9.17) is 14.2 Å². The molecule has 3 N–H and O–H groups in total. The first kappa shape index (κ1) is 43.0. The second-order valence-corrected chi connectivity index (χ2v) is 19.1. The number of sulfonamides is 1. The number of carbonyl (C=O) groups excluding carboxylic acids is 4. The number of alkyl carbamates (subject to hydrolysis) is 1. The molecule has 4 aliphatic rings. The molecule has 6 rings (SSSR count). The molecule has 2 saturated carbocycles. The van der Waals surface area contributed by atoms with Crippen LogP contribution >= 0.6 is 0 Å². The van der Waals surface area contributed by atoms with Crippen molar-refractivity contribution in [3.63, 3.8) is 0 Å². The molecule has 7 atom stereocenters. The summed E-state index contributed by atoms with van der Waals surface area (Å²) in [5.41, 5.74) is -4.53. The summed E-state index contributed by atoms with van der Waals surface area (Å²) >= 11 is 0.